The molecule has 4 nitrogen and oxygen atoms in total. The van der Waals surface area contributed by atoms with Crippen LogP contribution < -0.4 is 10.6 Å². The summed E-state index contributed by atoms with van der Waals surface area (Å²) in [6.07, 6.45) is 1.16. The van der Waals surface area contributed by atoms with Crippen molar-refractivity contribution in [2.24, 2.45) is 0 Å². The first-order valence-electron chi connectivity index (χ1n) is 4.88. The van der Waals surface area contributed by atoms with Crippen LogP contribution in [0.5, 0.6) is 0 Å². The van der Waals surface area contributed by atoms with Gasteiger partial charge in [0.1, 0.15) is 0 Å². The van der Waals surface area contributed by atoms with Crippen LogP contribution in [-0.2, 0) is 4.79 Å². The highest BCUT2D eigenvalue weighted by Crippen LogP contribution is 2.05. The Morgan fingerprint density at radius 2 is 2.38 bits per heavy atom. The molecule has 0 aromatic rings. The van der Waals surface area contributed by atoms with Gasteiger partial charge >= 0.3 is 0 Å². The molecule has 0 saturated carbocycles. The average molecular weight is 185 g/mol. The van der Waals surface area contributed by atoms with Crippen LogP contribution in [0.25, 0.3) is 0 Å². The third-order valence-corrected chi connectivity index (χ3v) is 2.57. The van der Waals surface area contributed by atoms with E-state index in [1.807, 2.05) is 25.8 Å². The first-order chi connectivity index (χ1) is 6.16. The van der Waals surface area contributed by atoms with Gasteiger partial charge in [0.05, 0.1) is 12.2 Å². The molecule has 13 heavy (non-hydrogen) atoms. The zero-order chi connectivity index (χ0) is 9.84. The second-order valence-corrected chi connectivity index (χ2v) is 3.53. The Labute approximate surface area is 79.7 Å². The van der Waals surface area contributed by atoms with Crippen molar-refractivity contribution in [3.8, 4) is 0 Å². The average Bonchev–Trinajstić information content (AvgIpc) is 2.29. The number of amides is 1. The fourth-order valence-corrected chi connectivity index (χ4v) is 1.55. The van der Waals surface area contributed by atoms with Gasteiger partial charge in [-0.3, -0.25) is 4.79 Å². The third-order valence-electron chi connectivity index (χ3n) is 2.57. The van der Waals surface area contributed by atoms with E-state index in [1.54, 1.807) is 0 Å². The minimum Gasteiger partial charge on any atom is -0.326 e. The molecule has 0 aromatic heterocycles. The predicted octanol–water partition coefficient (Wildman–Crippen LogP) is -0.238. The van der Waals surface area contributed by atoms with Crippen LogP contribution in [0.2, 0.25) is 0 Å². The maximum atomic E-state index is 11.8. The Balaban J connectivity index is 2.64. The molecular formula is C9H19N3O. The molecule has 0 spiro atoms. The number of rotatable bonds is 2. The number of carbonyl (C=O) groups is 1. The largest absolute Gasteiger partial charge is 0.326 e. The van der Waals surface area contributed by atoms with Crippen LogP contribution in [0.3, 0.4) is 0 Å². The van der Waals surface area contributed by atoms with E-state index in [-0.39, 0.29) is 18.1 Å². The number of nitrogens with zero attached hydrogens (tertiary/aromatic N) is 1. The van der Waals surface area contributed by atoms with Crippen molar-refractivity contribution in [3.63, 3.8) is 0 Å². The van der Waals surface area contributed by atoms with Gasteiger partial charge in [0.15, 0.2) is 0 Å². The predicted molar refractivity (Wildman–Crippen MR) is 52.3 cm³/mol. The van der Waals surface area contributed by atoms with Crippen LogP contribution in [0.1, 0.15) is 20.3 Å². The fourth-order valence-electron chi connectivity index (χ4n) is 1.55. The molecule has 2 N–H and O–H groups in total. The highest BCUT2D eigenvalue weighted by molar-refractivity contribution is 5.81. The van der Waals surface area contributed by atoms with E-state index in [0.717, 1.165) is 19.5 Å². The van der Waals surface area contributed by atoms with Gasteiger partial charge in [-0.05, 0) is 33.9 Å². The van der Waals surface area contributed by atoms with Crippen molar-refractivity contribution < 1.29 is 4.79 Å². The Kier molecular flexibility index (Phi) is 3.69. The van der Waals surface area contributed by atoms with Gasteiger partial charge < -0.3 is 15.5 Å². The van der Waals surface area contributed by atoms with Crippen LogP contribution in [0, 0.1) is 0 Å². The summed E-state index contributed by atoms with van der Waals surface area (Å²) < 4.78 is 0. The minimum absolute atomic E-state index is 0.0432. The molecule has 0 aliphatic carbocycles. The molecule has 2 unspecified atom stereocenters. The maximum Gasteiger partial charge on any atom is 0.240 e. The van der Waals surface area contributed by atoms with E-state index in [1.165, 1.54) is 0 Å². The summed E-state index contributed by atoms with van der Waals surface area (Å²) in [5, 5.41) is 6.27. The van der Waals surface area contributed by atoms with Gasteiger partial charge in [-0.1, -0.05) is 0 Å². The molecule has 0 aromatic carbocycles. The monoisotopic (exact) mass is 185 g/mol. The lowest BCUT2D eigenvalue weighted by Crippen LogP contribution is -2.50. The minimum atomic E-state index is -0.0432. The summed E-state index contributed by atoms with van der Waals surface area (Å²) >= 11 is 0. The molecule has 0 radical (unpaired) electrons. The molecule has 0 bridgehead atoms. The summed E-state index contributed by atoms with van der Waals surface area (Å²) in [6, 6.07) is -0.0432. The van der Waals surface area contributed by atoms with Crippen molar-refractivity contribution >= 4 is 5.91 Å². The number of hydrogen-bond donors (Lipinski definition) is 2. The van der Waals surface area contributed by atoms with Crippen molar-refractivity contribution in [1.82, 2.24) is 15.5 Å². The summed E-state index contributed by atoms with van der Waals surface area (Å²) in [6.45, 7) is 5.71. The van der Waals surface area contributed by atoms with E-state index in [4.69, 9.17) is 0 Å². The Hall–Kier alpha value is -0.610. The molecule has 76 valence electrons. The van der Waals surface area contributed by atoms with Crippen molar-refractivity contribution in [3.05, 3.63) is 0 Å². The van der Waals surface area contributed by atoms with E-state index in [0.29, 0.717) is 0 Å². The van der Waals surface area contributed by atoms with E-state index in [9.17, 15) is 4.79 Å². The zero-order valence-corrected chi connectivity index (χ0v) is 8.63. The summed E-state index contributed by atoms with van der Waals surface area (Å²) in [5.74, 6) is 0.194. The van der Waals surface area contributed by atoms with Crippen LogP contribution in [0.4, 0.5) is 0 Å². The van der Waals surface area contributed by atoms with Gasteiger partial charge in [-0.15, -0.1) is 0 Å². The lowest BCUT2D eigenvalue weighted by molar-refractivity contribution is -0.134. The molecule has 1 heterocycles. The second-order valence-electron chi connectivity index (χ2n) is 3.53. The van der Waals surface area contributed by atoms with E-state index < -0.39 is 0 Å². The lowest BCUT2D eigenvalue weighted by Gasteiger charge is -2.28. The standard InChI is InChI=1S/C9H19N3O/c1-7-9(13)12(8(2)10-3)6-4-5-11-7/h7-8,10-11H,4-6H2,1-3H3. The van der Waals surface area contributed by atoms with Gasteiger partial charge in [-0.25, -0.2) is 0 Å². The van der Waals surface area contributed by atoms with Crippen molar-refractivity contribution in [2.45, 2.75) is 32.5 Å². The second kappa shape index (κ2) is 4.58. The first kappa shape index (κ1) is 10.5. The van der Waals surface area contributed by atoms with Gasteiger partial charge in [-0.2, -0.15) is 0 Å². The van der Waals surface area contributed by atoms with Crippen molar-refractivity contribution in [2.75, 3.05) is 20.1 Å². The molecular weight excluding hydrogens is 166 g/mol. The zero-order valence-electron chi connectivity index (χ0n) is 8.63. The van der Waals surface area contributed by atoms with Gasteiger partial charge in [0, 0.05) is 6.54 Å². The highest BCUT2D eigenvalue weighted by Gasteiger charge is 2.25. The first-order valence-corrected chi connectivity index (χ1v) is 4.88. The van der Waals surface area contributed by atoms with Gasteiger partial charge in [0.2, 0.25) is 5.91 Å². The molecule has 1 aliphatic rings. The van der Waals surface area contributed by atoms with Gasteiger partial charge in [0.25, 0.3) is 0 Å². The molecule has 1 aliphatic heterocycles. The topological polar surface area (TPSA) is 44.4 Å². The maximum absolute atomic E-state index is 11.8. The fraction of sp³-hybridized carbons (Fsp3) is 0.889. The molecule has 4 heteroatoms. The molecule has 1 amide bonds. The van der Waals surface area contributed by atoms with E-state index in [2.05, 4.69) is 10.6 Å². The number of carbonyl (C=O) groups excluding carboxylic acids is 1. The Morgan fingerprint density at radius 3 is 3.00 bits per heavy atom. The smallest absolute Gasteiger partial charge is 0.240 e. The van der Waals surface area contributed by atoms with Crippen LogP contribution in [0.15, 0.2) is 0 Å². The van der Waals surface area contributed by atoms with E-state index >= 15 is 0 Å². The van der Waals surface area contributed by atoms with Crippen LogP contribution >= 0.6 is 0 Å². The third kappa shape index (κ3) is 2.42. The normalized spacial score (nSPS) is 27.2. The summed E-state index contributed by atoms with van der Waals surface area (Å²) in [5.41, 5.74) is 0. The van der Waals surface area contributed by atoms with Crippen molar-refractivity contribution in [1.29, 1.82) is 0 Å². The Morgan fingerprint density at radius 1 is 1.69 bits per heavy atom. The lowest BCUT2D eigenvalue weighted by atomic mass is 10.3. The number of hydrogen-bond acceptors (Lipinski definition) is 3. The Bertz CT molecular complexity index is 184. The quantitative estimate of drug-likeness (QED) is 0.624. The molecule has 1 saturated heterocycles. The number of nitrogens with one attached hydrogen (secondary N) is 2. The molecule has 2 atom stereocenters. The highest BCUT2D eigenvalue weighted by atomic mass is 16.2. The molecule has 1 rings (SSSR count). The SMILES string of the molecule is CNC(C)N1CCCNC(C)C1=O. The summed E-state index contributed by atoms with van der Waals surface area (Å²) in [4.78, 5) is 13.7. The summed E-state index contributed by atoms with van der Waals surface area (Å²) in [7, 11) is 1.88. The molecule has 1 fully saturated rings. The van der Waals surface area contributed by atoms with Crippen LogP contribution in [-0.4, -0.2) is 43.2 Å².